The smallest absolute Gasteiger partial charge is 0.229 e. The van der Waals surface area contributed by atoms with E-state index < -0.39 is 0 Å². The minimum atomic E-state index is -0.130. The number of para-hydroxylation sites is 1. The van der Waals surface area contributed by atoms with Gasteiger partial charge in [-0.05, 0) is 44.9 Å². The number of piperidine rings is 1. The Morgan fingerprint density at radius 2 is 1.91 bits per heavy atom. The molecule has 1 N–H and O–H groups in total. The Labute approximate surface area is 186 Å². The van der Waals surface area contributed by atoms with Crippen molar-refractivity contribution in [3.8, 4) is 5.82 Å². The highest BCUT2D eigenvalue weighted by molar-refractivity contribution is 6.01. The van der Waals surface area contributed by atoms with Crippen molar-refractivity contribution in [3.63, 3.8) is 0 Å². The van der Waals surface area contributed by atoms with E-state index >= 15 is 0 Å². The van der Waals surface area contributed by atoms with Crippen LogP contribution in [0.25, 0.3) is 16.7 Å². The summed E-state index contributed by atoms with van der Waals surface area (Å²) in [6, 6.07) is 13.7. The maximum Gasteiger partial charge on any atom is 0.229 e. The lowest BCUT2D eigenvalue weighted by molar-refractivity contribution is -0.120. The van der Waals surface area contributed by atoms with Crippen molar-refractivity contribution in [3.05, 3.63) is 66.4 Å². The fraction of sp³-hybridized carbons (Fsp3) is 0.292. The van der Waals surface area contributed by atoms with Crippen LogP contribution in [0.4, 0.5) is 11.5 Å². The van der Waals surface area contributed by atoms with Crippen LogP contribution in [-0.2, 0) is 4.79 Å². The summed E-state index contributed by atoms with van der Waals surface area (Å²) in [7, 11) is 0. The van der Waals surface area contributed by atoms with Crippen LogP contribution in [-0.4, -0.2) is 43.7 Å². The number of benzene rings is 1. The molecule has 1 amide bonds. The van der Waals surface area contributed by atoms with Crippen LogP contribution in [0.5, 0.6) is 0 Å². The quantitative estimate of drug-likeness (QED) is 0.534. The predicted molar refractivity (Wildman–Crippen MR) is 124 cm³/mol. The van der Waals surface area contributed by atoms with Crippen molar-refractivity contribution in [2.75, 3.05) is 23.3 Å². The maximum atomic E-state index is 13.1. The molecule has 5 rings (SSSR count). The molecule has 0 saturated carbocycles. The number of amides is 1. The first-order valence-electron chi connectivity index (χ1n) is 10.8. The van der Waals surface area contributed by atoms with E-state index in [0.29, 0.717) is 6.54 Å². The van der Waals surface area contributed by atoms with E-state index in [9.17, 15) is 4.79 Å². The van der Waals surface area contributed by atoms with Crippen LogP contribution >= 0.6 is 0 Å². The van der Waals surface area contributed by atoms with Gasteiger partial charge in [0, 0.05) is 36.4 Å². The number of hydrogen-bond acceptors (Lipinski definition) is 6. The van der Waals surface area contributed by atoms with Crippen LogP contribution in [0, 0.1) is 19.8 Å². The summed E-state index contributed by atoms with van der Waals surface area (Å²) in [4.78, 5) is 28.6. The van der Waals surface area contributed by atoms with E-state index in [-0.39, 0.29) is 11.8 Å². The molecule has 0 aliphatic carbocycles. The molecule has 1 aliphatic rings. The van der Waals surface area contributed by atoms with E-state index in [1.165, 1.54) is 0 Å². The third kappa shape index (κ3) is 3.91. The van der Waals surface area contributed by atoms with E-state index in [1.54, 1.807) is 12.5 Å². The number of carbonyl (C=O) groups is 1. The van der Waals surface area contributed by atoms with E-state index in [2.05, 4.69) is 30.3 Å². The molecule has 4 aromatic rings. The highest BCUT2D eigenvalue weighted by Crippen LogP contribution is 2.26. The molecule has 1 aromatic carbocycles. The zero-order chi connectivity index (χ0) is 22.1. The van der Waals surface area contributed by atoms with Gasteiger partial charge in [0.25, 0.3) is 0 Å². The topological polar surface area (TPSA) is 88.8 Å². The van der Waals surface area contributed by atoms with E-state index in [1.807, 2.05) is 61.0 Å². The fourth-order valence-corrected chi connectivity index (χ4v) is 4.33. The zero-order valence-corrected chi connectivity index (χ0v) is 18.2. The molecule has 1 unspecified atom stereocenters. The zero-order valence-electron chi connectivity index (χ0n) is 18.2. The van der Waals surface area contributed by atoms with Crippen molar-refractivity contribution < 1.29 is 4.79 Å². The molecule has 162 valence electrons. The Kier molecular flexibility index (Phi) is 5.26. The van der Waals surface area contributed by atoms with E-state index in [0.717, 1.165) is 59.0 Å². The molecule has 0 radical (unpaired) electrons. The van der Waals surface area contributed by atoms with Crippen molar-refractivity contribution in [2.45, 2.75) is 26.7 Å². The number of fused-ring (bicyclic) bond motifs is 1. The van der Waals surface area contributed by atoms with Crippen LogP contribution < -0.4 is 10.2 Å². The second kappa shape index (κ2) is 8.37. The van der Waals surface area contributed by atoms with Crippen molar-refractivity contribution in [1.29, 1.82) is 0 Å². The Morgan fingerprint density at radius 1 is 1.06 bits per heavy atom. The lowest BCUT2D eigenvalue weighted by Gasteiger charge is -2.33. The second-order valence-electron chi connectivity index (χ2n) is 8.23. The van der Waals surface area contributed by atoms with Crippen LogP contribution in [0.1, 0.15) is 24.2 Å². The molecule has 8 heteroatoms. The molecular weight excluding hydrogens is 402 g/mol. The van der Waals surface area contributed by atoms with E-state index in [4.69, 9.17) is 0 Å². The number of pyridine rings is 1. The summed E-state index contributed by atoms with van der Waals surface area (Å²) >= 11 is 0. The number of rotatable bonds is 4. The number of hydrogen-bond donors (Lipinski definition) is 1. The Morgan fingerprint density at radius 3 is 2.75 bits per heavy atom. The van der Waals surface area contributed by atoms with Crippen molar-refractivity contribution >= 4 is 28.3 Å². The Hall–Kier alpha value is -3.81. The molecule has 3 aromatic heterocycles. The number of nitrogens with one attached hydrogen (secondary N) is 1. The summed E-state index contributed by atoms with van der Waals surface area (Å²) in [5.41, 5.74) is 3.52. The first-order chi connectivity index (χ1) is 15.6. The van der Waals surface area contributed by atoms with Gasteiger partial charge >= 0.3 is 0 Å². The number of carbonyl (C=O) groups excluding carboxylic acids is 1. The SMILES string of the molecule is Cc1cc(C)n(-c2cc(N3CCCC(C(=O)Nc4cccc5cccnc45)C3)ncn2)n1. The summed E-state index contributed by atoms with van der Waals surface area (Å²) in [6.07, 6.45) is 5.07. The molecule has 1 saturated heterocycles. The highest BCUT2D eigenvalue weighted by atomic mass is 16.1. The fourth-order valence-electron chi connectivity index (χ4n) is 4.33. The van der Waals surface area contributed by atoms with Crippen LogP contribution in [0.2, 0.25) is 0 Å². The molecule has 8 nitrogen and oxygen atoms in total. The van der Waals surface area contributed by atoms with Crippen LogP contribution in [0.3, 0.4) is 0 Å². The van der Waals surface area contributed by atoms with Gasteiger partial charge in [0.05, 0.1) is 22.8 Å². The Balaban J connectivity index is 1.34. The highest BCUT2D eigenvalue weighted by Gasteiger charge is 2.27. The minimum Gasteiger partial charge on any atom is -0.356 e. The van der Waals surface area contributed by atoms with Gasteiger partial charge in [-0.15, -0.1) is 0 Å². The van der Waals surface area contributed by atoms with Gasteiger partial charge in [-0.1, -0.05) is 18.2 Å². The predicted octanol–water partition coefficient (Wildman–Crippen LogP) is 3.68. The molecule has 32 heavy (non-hydrogen) atoms. The minimum absolute atomic E-state index is 0.0145. The number of aromatic nitrogens is 5. The van der Waals surface area contributed by atoms with Gasteiger partial charge in [0.2, 0.25) is 5.91 Å². The molecule has 0 spiro atoms. The molecule has 0 bridgehead atoms. The molecular formula is C24H25N7O. The summed E-state index contributed by atoms with van der Waals surface area (Å²) in [5, 5.41) is 8.63. The first-order valence-corrected chi connectivity index (χ1v) is 10.8. The maximum absolute atomic E-state index is 13.1. The monoisotopic (exact) mass is 427 g/mol. The van der Waals surface area contributed by atoms with Gasteiger partial charge in [0.1, 0.15) is 12.1 Å². The largest absolute Gasteiger partial charge is 0.356 e. The number of aryl methyl sites for hydroxylation is 2. The first kappa shape index (κ1) is 20.1. The standard InChI is InChI=1S/C24H25N7O/c1-16-12-17(2)31(29-16)22-13-21(26-15-27-22)30-11-5-8-19(14-30)24(32)28-20-9-3-6-18-7-4-10-25-23(18)20/h3-4,6-7,9-10,12-13,15,19H,5,8,11,14H2,1-2H3,(H,28,32). The van der Waals surface area contributed by atoms with Gasteiger partial charge in [-0.25, -0.2) is 14.6 Å². The third-order valence-corrected chi connectivity index (χ3v) is 5.87. The number of nitrogens with zero attached hydrogens (tertiary/aromatic N) is 6. The summed E-state index contributed by atoms with van der Waals surface area (Å²) in [5.74, 6) is 1.43. The Bertz CT molecular complexity index is 1280. The van der Waals surface area contributed by atoms with Gasteiger partial charge in [-0.2, -0.15) is 5.10 Å². The molecule has 4 heterocycles. The molecule has 1 aliphatic heterocycles. The van der Waals surface area contributed by atoms with Gasteiger partial charge < -0.3 is 10.2 Å². The van der Waals surface area contributed by atoms with Gasteiger partial charge in [0.15, 0.2) is 5.82 Å². The lowest BCUT2D eigenvalue weighted by Crippen LogP contribution is -2.41. The second-order valence-corrected chi connectivity index (χ2v) is 8.23. The van der Waals surface area contributed by atoms with Gasteiger partial charge in [-0.3, -0.25) is 9.78 Å². The summed E-state index contributed by atoms with van der Waals surface area (Å²) in [6.45, 7) is 5.43. The molecule has 1 atom stereocenters. The molecule has 1 fully saturated rings. The summed E-state index contributed by atoms with van der Waals surface area (Å²) < 4.78 is 1.82. The van der Waals surface area contributed by atoms with Crippen molar-refractivity contribution in [1.82, 2.24) is 24.7 Å². The average Bonchev–Trinajstić information content (AvgIpc) is 3.17. The number of anilines is 2. The normalized spacial score (nSPS) is 16.3. The average molecular weight is 428 g/mol. The lowest BCUT2D eigenvalue weighted by atomic mass is 9.97. The third-order valence-electron chi connectivity index (χ3n) is 5.87. The van der Waals surface area contributed by atoms with Crippen LogP contribution in [0.15, 0.2) is 55.0 Å². The van der Waals surface area contributed by atoms with Crippen molar-refractivity contribution in [2.24, 2.45) is 5.92 Å².